The van der Waals surface area contributed by atoms with Gasteiger partial charge < -0.3 is 11.1 Å². The molecule has 94 valence electrons. The van der Waals surface area contributed by atoms with Crippen molar-refractivity contribution in [2.24, 2.45) is 5.73 Å². The van der Waals surface area contributed by atoms with E-state index in [9.17, 15) is 9.18 Å². The van der Waals surface area contributed by atoms with Gasteiger partial charge in [0, 0.05) is 18.9 Å². The average Bonchev–Trinajstić information content (AvgIpc) is 2.34. The van der Waals surface area contributed by atoms with Gasteiger partial charge >= 0.3 is 0 Å². The fraction of sp³-hybridized carbons (Fsp3) is 0.462. The van der Waals surface area contributed by atoms with Crippen molar-refractivity contribution in [1.29, 1.82) is 0 Å². The third-order valence-corrected chi connectivity index (χ3v) is 2.63. The summed E-state index contributed by atoms with van der Waals surface area (Å²) in [7, 11) is 0. The Morgan fingerprint density at radius 3 is 2.76 bits per heavy atom. The fourth-order valence-electron chi connectivity index (χ4n) is 1.69. The second kappa shape index (κ2) is 7.01. The molecule has 1 amide bonds. The number of carbonyl (C=O) groups excluding carboxylic acids is 1. The minimum atomic E-state index is -0.300. The zero-order chi connectivity index (χ0) is 12.7. The molecule has 0 spiro atoms. The molecule has 0 saturated heterocycles. The Kier molecular flexibility index (Phi) is 5.63. The summed E-state index contributed by atoms with van der Waals surface area (Å²) in [5, 5.41) is 2.77. The fourth-order valence-corrected chi connectivity index (χ4v) is 1.69. The van der Waals surface area contributed by atoms with Crippen LogP contribution in [0.3, 0.4) is 0 Å². The van der Waals surface area contributed by atoms with Crippen LogP contribution in [0.15, 0.2) is 24.3 Å². The third kappa shape index (κ3) is 4.15. The van der Waals surface area contributed by atoms with Crippen LogP contribution in [0.4, 0.5) is 4.39 Å². The Labute approximate surface area is 101 Å². The minimum Gasteiger partial charge on any atom is -0.356 e. The molecule has 1 aromatic rings. The number of hydrogen-bond acceptors (Lipinski definition) is 2. The largest absolute Gasteiger partial charge is 0.356 e. The number of carbonyl (C=O) groups is 1. The van der Waals surface area contributed by atoms with E-state index in [0.717, 1.165) is 6.42 Å². The van der Waals surface area contributed by atoms with Gasteiger partial charge in [-0.25, -0.2) is 4.39 Å². The van der Waals surface area contributed by atoms with E-state index in [1.807, 2.05) is 6.92 Å². The van der Waals surface area contributed by atoms with Crippen molar-refractivity contribution in [2.75, 3.05) is 13.1 Å². The van der Waals surface area contributed by atoms with Crippen LogP contribution in [0, 0.1) is 5.82 Å². The first-order valence-corrected chi connectivity index (χ1v) is 5.90. The molecule has 1 atom stereocenters. The average molecular weight is 238 g/mol. The molecule has 1 rings (SSSR count). The maximum absolute atomic E-state index is 13.5. The predicted molar refractivity (Wildman–Crippen MR) is 66.1 cm³/mol. The molecule has 0 radical (unpaired) electrons. The molecule has 0 bridgehead atoms. The second-order valence-electron chi connectivity index (χ2n) is 4.01. The summed E-state index contributed by atoms with van der Waals surface area (Å²) >= 11 is 0. The van der Waals surface area contributed by atoms with Gasteiger partial charge in [-0.3, -0.25) is 4.79 Å². The van der Waals surface area contributed by atoms with E-state index < -0.39 is 0 Å². The van der Waals surface area contributed by atoms with Gasteiger partial charge in [0.25, 0.3) is 0 Å². The zero-order valence-electron chi connectivity index (χ0n) is 10.1. The summed E-state index contributed by atoms with van der Waals surface area (Å²) in [4.78, 5) is 11.6. The highest BCUT2D eigenvalue weighted by molar-refractivity contribution is 5.76. The highest BCUT2D eigenvalue weighted by Crippen LogP contribution is 2.21. The number of hydrogen-bond donors (Lipinski definition) is 2. The van der Waals surface area contributed by atoms with Crippen molar-refractivity contribution in [2.45, 2.75) is 25.7 Å². The van der Waals surface area contributed by atoms with Gasteiger partial charge in [0.15, 0.2) is 0 Å². The van der Waals surface area contributed by atoms with Gasteiger partial charge in [-0.15, -0.1) is 0 Å². The summed E-state index contributed by atoms with van der Waals surface area (Å²) < 4.78 is 13.5. The highest BCUT2D eigenvalue weighted by Gasteiger charge is 2.17. The number of amides is 1. The lowest BCUT2D eigenvalue weighted by Gasteiger charge is -2.15. The molecule has 0 fully saturated rings. The Morgan fingerprint density at radius 1 is 1.47 bits per heavy atom. The summed E-state index contributed by atoms with van der Waals surface area (Å²) in [6.07, 6.45) is 1.12. The number of benzene rings is 1. The van der Waals surface area contributed by atoms with E-state index in [1.54, 1.807) is 18.2 Å². The third-order valence-electron chi connectivity index (χ3n) is 2.63. The molecular weight excluding hydrogens is 219 g/mol. The lowest BCUT2D eigenvalue weighted by molar-refractivity contribution is -0.121. The van der Waals surface area contributed by atoms with Crippen molar-refractivity contribution in [3.05, 3.63) is 35.6 Å². The summed E-state index contributed by atoms with van der Waals surface area (Å²) in [6, 6.07) is 6.45. The molecule has 1 unspecified atom stereocenters. The van der Waals surface area contributed by atoms with E-state index in [2.05, 4.69) is 5.32 Å². The minimum absolute atomic E-state index is 0.0782. The second-order valence-corrected chi connectivity index (χ2v) is 4.01. The Hall–Kier alpha value is -1.42. The first kappa shape index (κ1) is 13.6. The molecule has 3 nitrogen and oxygen atoms in total. The lowest BCUT2D eigenvalue weighted by Crippen LogP contribution is -2.28. The highest BCUT2D eigenvalue weighted by atomic mass is 19.1. The standard InChI is InChI=1S/C13H19FN2O/c1-2-7-16-13(17)8-10(9-15)11-5-3-4-6-12(11)14/h3-6,10H,2,7-9,15H2,1H3,(H,16,17). The maximum atomic E-state index is 13.5. The lowest BCUT2D eigenvalue weighted by atomic mass is 9.95. The molecule has 1 aromatic carbocycles. The summed E-state index contributed by atoms with van der Waals surface area (Å²) in [6.45, 7) is 2.89. The van der Waals surface area contributed by atoms with Gasteiger partial charge in [0.05, 0.1) is 0 Å². The van der Waals surface area contributed by atoms with Crippen LogP contribution < -0.4 is 11.1 Å². The maximum Gasteiger partial charge on any atom is 0.220 e. The molecular formula is C13H19FN2O. The van der Waals surface area contributed by atoms with E-state index in [1.165, 1.54) is 6.07 Å². The van der Waals surface area contributed by atoms with Crippen molar-refractivity contribution in [3.8, 4) is 0 Å². The Balaban J connectivity index is 2.66. The van der Waals surface area contributed by atoms with Crippen LogP contribution in [-0.2, 0) is 4.79 Å². The van der Waals surface area contributed by atoms with E-state index >= 15 is 0 Å². The monoisotopic (exact) mass is 238 g/mol. The van der Waals surface area contributed by atoms with Crippen molar-refractivity contribution >= 4 is 5.91 Å². The summed E-state index contributed by atoms with van der Waals surface area (Å²) in [5.74, 6) is -0.634. The predicted octanol–water partition coefficient (Wildman–Crippen LogP) is 1.78. The van der Waals surface area contributed by atoms with E-state index in [0.29, 0.717) is 12.1 Å². The van der Waals surface area contributed by atoms with Crippen molar-refractivity contribution in [3.63, 3.8) is 0 Å². The van der Waals surface area contributed by atoms with Crippen LogP contribution in [0.2, 0.25) is 0 Å². The van der Waals surface area contributed by atoms with Crippen molar-refractivity contribution in [1.82, 2.24) is 5.32 Å². The van der Waals surface area contributed by atoms with Gasteiger partial charge in [0.2, 0.25) is 5.91 Å². The zero-order valence-corrected chi connectivity index (χ0v) is 10.1. The molecule has 0 heterocycles. The molecule has 0 aliphatic rings. The quantitative estimate of drug-likeness (QED) is 0.793. The van der Waals surface area contributed by atoms with Crippen LogP contribution in [0.1, 0.15) is 31.2 Å². The summed E-state index contributed by atoms with van der Waals surface area (Å²) in [5.41, 5.74) is 6.12. The Bertz CT molecular complexity index is 368. The molecule has 17 heavy (non-hydrogen) atoms. The van der Waals surface area contributed by atoms with E-state index in [4.69, 9.17) is 5.73 Å². The SMILES string of the molecule is CCCNC(=O)CC(CN)c1ccccc1F. The first-order chi connectivity index (χ1) is 8.19. The van der Waals surface area contributed by atoms with E-state index in [-0.39, 0.29) is 30.6 Å². The smallest absolute Gasteiger partial charge is 0.220 e. The Morgan fingerprint density at radius 2 is 2.18 bits per heavy atom. The van der Waals surface area contributed by atoms with Crippen LogP contribution >= 0.6 is 0 Å². The number of nitrogens with one attached hydrogen (secondary N) is 1. The van der Waals surface area contributed by atoms with Crippen LogP contribution in [-0.4, -0.2) is 19.0 Å². The van der Waals surface area contributed by atoms with Gasteiger partial charge in [-0.1, -0.05) is 25.1 Å². The molecule has 0 aliphatic carbocycles. The van der Waals surface area contributed by atoms with Gasteiger partial charge in [-0.2, -0.15) is 0 Å². The van der Waals surface area contributed by atoms with Crippen LogP contribution in [0.5, 0.6) is 0 Å². The number of nitrogens with two attached hydrogens (primary N) is 1. The molecule has 4 heteroatoms. The first-order valence-electron chi connectivity index (χ1n) is 5.90. The van der Waals surface area contributed by atoms with Crippen molar-refractivity contribution < 1.29 is 9.18 Å². The van der Waals surface area contributed by atoms with Gasteiger partial charge in [-0.05, 0) is 24.6 Å². The topological polar surface area (TPSA) is 55.1 Å². The molecule has 3 N–H and O–H groups in total. The van der Waals surface area contributed by atoms with Gasteiger partial charge in [0.1, 0.15) is 5.82 Å². The normalized spacial score (nSPS) is 12.2. The molecule has 0 aromatic heterocycles. The molecule has 0 aliphatic heterocycles. The van der Waals surface area contributed by atoms with Crippen LogP contribution in [0.25, 0.3) is 0 Å². The number of halogens is 1. The molecule has 0 saturated carbocycles. The number of rotatable bonds is 6.